The molecule has 1 N–H and O–H groups in total. The molecule has 98 valence electrons. The Hall–Kier alpha value is -2.09. The van der Waals surface area contributed by atoms with E-state index in [4.69, 9.17) is 5.11 Å². The molecule has 2 heteroatoms. The summed E-state index contributed by atoms with van der Waals surface area (Å²) in [5.41, 5.74) is 2.64. The van der Waals surface area contributed by atoms with Crippen molar-refractivity contribution >= 4 is 5.97 Å². The Kier molecular flexibility index (Phi) is 4.35. The third kappa shape index (κ3) is 3.44. The van der Waals surface area contributed by atoms with Gasteiger partial charge in [-0.2, -0.15) is 0 Å². The molecule has 19 heavy (non-hydrogen) atoms. The molecule has 0 saturated carbocycles. The molecule has 0 fully saturated rings. The van der Waals surface area contributed by atoms with Gasteiger partial charge in [-0.05, 0) is 36.0 Å². The highest BCUT2D eigenvalue weighted by Crippen LogP contribution is 2.22. The Balaban J connectivity index is 2.05. The molecule has 0 bridgehead atoms. The van der Waals surface area contributed by atoms with Crippen molar-refractivity contribution in [1.29, 1.82) is 0 Å². The number of benzene rings is 2. The highest BCUT2D eigenvalue weighted by atomic mass is 16.4. The van der Waals surface area contributed by atoms with Crippen molar-refractivity contribution in [2.45, 2.75) is 25.7 Å². The summed E-state index contributed by atoms with van der Waals surface area (Å²) in [6.45, 7) is 2.18. The van der Waals surface area contributed by atoms with Gasteiger partial charge in [0.25, 0.3) is 0 Å². The average Bonchev–Trinajstić information content (AvgIpc) is 2.46. The normalized spacial score (nSPS) is 12.1. The van der Waals surface area contributed by atoms with Crippen LogP contribution >= 0.6 is 0 Å². The summed E-state index contributed by atoms with van der Waals surface area (Å²) in [5.74, 6) is -0.411. The molecule has 2 aromatic carbocycles. The van der Waals surface area contributed by atoms with Crippen molar-refractivity contribution in [3.63, 3.8) is 0 Å². The number of aryl methyl sites for hydroxylation is 1. The third-order valence-electron chi connectivity index (χ3n) is 3.46. The maximum absolute atomic E-state index is 11.1. The van der Waals surface area contributed by atoms with Gasteiger partial charge in [0.1, 0.15) is 0 Å². The standard InChI is InChI=1S/C17H18O2/c1-13(14-7-3-2-4-8-14)11-12-15-9-5-6-10-16(15)17(18)19/h2-10,13H,11-12H2,1H3,(H,18,19). The number of carbonyl (C=O) groups is 1. The molecule has 0 amide bonds. The first-order chi connectivity index (χ1) is 9.18. The van der Waals surface area contributed by atoms with Gasteiger partial charge < -0.3 is 5.11 Å². The van der Waals surface area contributed by atoms with Gasteiger partial charge in [-0.25, -0.2) is 4.79 Å². The fraction of sp³-hybridized carbons (Fsp3) is 0.235. The van der Waals surface area contributed by atoms with Crippen LogP contribution in [0.1, 0.15) is 40.7 Å². The lowest BCUT2D eigenvalue weighted by Gasteiger charge is -2.12. The molecule has 2 rings (SSSR count). The average molecular weight is 254 g/mol. The predicted octanol–water partition coefficient (Wildman–Crippen LogP) is 4.12. The molecule has 0 aliphatic heterocycles. The Labute approximate surface area is 113 Å². The smallest absolute Gasteiger partial charge is 0.335 e. The van der Waals surface area contributed by atoms with E-state index in [-0.39, 0.29) is 0 Å². The number of carboxylic acid groups (broad SMARTS) is 1. The second-order valence-electron chi connectivity index (χ2n) is 4.81. The third-order valence-corrected chi connectivity index (χ3v) is 3.46. The summed E-state index contributed by atoms with van der Waals surface area (Å²) in [4.78, 5) is 11.1. The number of rotatable bonds is 5. The quantitative estimate of drug-likeness (QED) is 0.871. The van der Waals surface area contributed by atoms with Crippen LogP contribution in [0.4, 0.5) is 0 Å². The van der Waals surface area contributed by atoms with Gasteiger partial charge in [0.15, 0.2) is 0 Å². The summed E-state index contributed by atoms with van der Waals surface area (Å²) in [6.07, 6.45) is 1.74. The zero-order valence-electron chi connectivity index (χ0n) is 11.0. The van der Waals surface area contributed by atoms with Crippen LogP contribution in [0.2, 0.25) is 0 Å². The van der Waals surface area contributed by atoms with Crippen molar-refractivity contribution < 1.29 is 9.90 Å². The molecular formula is C17H18O2. The van der Waals surface area contributed by atoms with E-state index in [1.807, 2.05) is 30.3 Å². The molecular weight excluding hydrogens is 236 g/mol. The molecule has 0 radical (unpaired) electrons. The van der Waals surface area contributed by atoms with Crippen molar-refractivity contribution in [3.05, 3.63) is 71.3 Å². The zero-order valence-corrected chi connectivity index (χ0v) is 11.0. The molecule has 2 nitrogen and oxygen atoms in total. The Morgan fingerprint density at radius 2 is 1.68 bits per heavy atom. The molecule has 2 aromatic rings. The number of aromatic carboxylic acids is 1. The van der Waals surface area contributed by atoms with Crippen LogP contribution in [0.3, 0.4) is 0 Å². The van der Waals surface area contributed by atoms with Crippen LogP contribution in [-0.2, 0) is 6.42 Å². The lowest BCUT2D eigenvalue weighted by atomic mass is 9.92. The first kappa shape index (κ1) is 13.3. The molecule has 0 aliphatic rings. The fourth-order valence-corrected chi connectivity index (χ4v) is 2.27. The lowest BCUT2D eigenvalue weighted by molar-refractivity contribution is 0.0695. The summed E-state index contributed by atoms with van der Waals surface area (Å²) in [7, 11) is 0. The molecule has 0 aromatic heterocycles. The van der Waals surface area contributed by atoms with Gasteiger partial charge in [0.2, 0.25) is 0 Å². The van der Waals surface area contributed by atoms with Crippen molar-refractivity contribution in [1.82, 2.24) is 0 Å². The van der Waals surface area contributed by atoms with E-state index in [1.54, 1.807) is 12.1 Å². The van der Waals surface area contributed by atoms with E-state index in [0.717, 1.165) is 18.4 Å². The van der Waals surface area contributed by atoms with E-state index in [2.05, 4.69) is 19.1 Å². The Morgan fingerprint density at radius 1 is 1.05 bits per heavy atom. The molecule has 1 unspecified atom stereocenters. The van der Waals surface area contributed by atoms with Gasteiger partial charge in [-0.3, -0.25) is 0 Å². The summed E-state index contributed by atoms with van der Waals surface area (Å²) >= 11 is 0. The van der Waals surface area contributed by atoms with Gasteiger partial charge in [-0.15, -0.1) is 0 Å². The highest BCUT2D eigenvalue weighted by molar-refractivity contribution is 5.89. The second kappa shape index (κ2) is 6.19. The van der Waals surface area contributed by atoms with Crippen LogP contribution in [-0.4, -0.2) is 11.1 Å². The van der Waals surface area contributed by atoms with Gasteiger partial charge >= 0.3 is 5.97 Å². The maximum atomic E-state index is 11.1. The lowest BCUT2D eigenvalue weighted by Crippen LogP contribution is -2.04. The van der Waals surface area contributed by atoms with E-state index in [9.17, 15) is 4.79 Å². The summed E-state index contributed by atoms with van der Waals surface area (Å²) < 4.78 is 0. The van der Waals surface area contributed by atoms with Crippen LogP contribution in [0.25, 0.3) is 0 Å². The molecule has 0 saturated heterocycles. The number of hydrogen-bond acceptors (Lipinski definition) is 1. The minimum Gasteiger partial charge on any atom is -0.478 e. The van der Waals surface area contributed by atoms with E-state index in [1.165, 1.54) is 5.56 Å². The first-order valence-electron chi connectivity index (χ1n) is 6.54. The van der Waals surface area contributed by atoms with Gasteiger partial charge in [0, 0.05) is 0 Å². The summed E-state index contributed by atoms with van der Waals surface area (Å²) in [6, 6.07) is 17.6. The topological polar surface area (TPSA) is 37.3 Å². The Morgan fingerprint density at radius 3 is 2.37 bits per heavy atom. The Bertz CT molecular complexity index is 546. The minimum absolute atomic E-state index is 0.419. The van der Waals surface area contributed by atoms with E-state index >= 15 is 0 Å². The maximum Gasteiger partial charge on any atom is 0.335 e. The van der Waals surface area contributed by atoms with Crippen molar-refractivity contribution in [3.8, 4) is 0 Å². The van der Waals surface area contributed by atoms with Crippen LogP contribution in [0, 0.1) is 0 Å². The zero-order chi connectivity index (χ0) is 13.7. The van der Waals surface area contributed by atoms with E-state index < -0.39 is 5.97 Å². The molecule has 0 aliphatic carbocycles. The number of hydrogen-bond donors (Lipinski definition) is 1. The second-order valence-corrected chi connectivity index (χ2v) is 4.81. The van der Waals surface area contributed by atoms with Crippen molar-refractivity contribution in [2.75, 3.05) is 0 Å². The fourth-order valence-electron chi connectivity index (χ4n) is 2.27. The van der Waals surface area contributed by atoms with Crippen LogP contribution in [0.15, 0.2) is 54.6 Å². The van der Waals surface area contributed by atoms with Gasteiger partial charge in [-0.1, -0.05) is 55.5 Å². The molecule has 0 spiro atoms. The summed E-state index contributed by atoms with van der Waals surface area (Å²) in [5, 5.41) is 9.15. The first-order valence-corrected chi connectivity index (χ1v) is 6.54. The predicted molar refractivity (Wildman–Crippen MR) is 76.6 cm³/mol. The molecule has 0 heterocycles. The van der Waals surface area contributed by atoms with E-state index in [0.29, 0.717) is 11.5 Å². The number of carboxylic acids is 1. The van der Waals surface area contributed by atoms with Crippen molar-refractivity contribution in [2.24, 2.45) is 0 Å². The SMILES string of the molecule is CC(CCc1ccccc1C(=O)O)c1ccccc1. The monoisotopic (exact) mass is 254 g/mol. The largest absolute Gasteiger partial charge is 0.478 e. The highest BCUT2D eigenvalue weighted by Gasteiger charge is 2.11. The van der Waals surface area contributed by atoms with Crippen LogP contribution in [0.5, 0.6) is 0 Å². The van der Waals surface area contributed by atoms with Gasteiger partial charge in [0.05, 0.1) is 5.56 Å². The minimum atomic E-state index is -0.844. The van der Waals surface area contributed by atoms with Crippen LogP contribution < -0.4 is 0 Å². The molecule has 1 atom stereocenters.